The van der Waals surface area contributed by atoms with Crippen LogP contribution in [0.2, 0.25) is 5.02 Å². The predicted molar refractivity (Wildman–Crippen MR) is 194 cm³/mol. The largest absolute Gasteiger partial charge is 0.508 e. The van der Waals surface area contributed by atoms with E-state index in [1.165, 1.54) is 36.2 Å². The lowest BCUT2D eigenvalue weighted by atomic mass is 9.49. The smallest absolute Gasteiger partial charge is 0.246 e. The Balaban J connectivity index is 1.40. The molecule has 4 aliphatic rings. The zero-order valence-corrected chi connectivity index (χ0v) is 29.9. The van der Waals surface area contributed by atoms with Crippen molar-refractivity contribution in [3.8, 4) is 17.2 Å². The van der Waals surface area contributed by atoms with E-state index in [2.05, 4.69) is 15.9 Å². The van der Waals surface area contributed by atoms with E-state index in [4.69, 9.17) is 21.1 Å². The van der Waals surface area contributed by atoms with Gasteiger partial charge in [-0.2, -0.15) is 0 Å². The van der Waals surface area contributed by atoms with E-state index in [0.717, 1.165) is 10.0 Å². The summed E-state index contributed by atoms with van der Waals surface area (Å²) in [6, 6.07) is 25.7. The second-order valence-corrected chi connectivity index (χ2v) is 14.7. The number of methoxy groups -OCH3 is 2. The van der Waals surface area contributed by atoms with E-state index < -0.39 is 46.8 Å². The van der Waals surface area contributed by atoms with E-state index in [1.54, 1.807) is 48.5 Å². The van der Waals surface area contributed by atoms with Crippen molar-refractivity contribution in [2.75, 3.05) is 24.0 Å². The molecule has 2 saturated heterocycles. The molecule has 0 radical (unpaired) electrons. The number of benzene rings is 4. The molecule has 3 fully saturated rings. The molecule has 2 aliphatic carbocycles. The number of fused-ring (bicyclic) bond motifs is 4. The third-order valence-corrected chi connectivity index (χ3v) is 11.8. The van der Waals surface area contributed by atoms with Gasteiger partial charge >= 0.3 is 0 Å². The zero-order chi connectivity index (χ0) is 35.8. The number of halogens is 2. The first-order chi connectivity index (χ1) is 24.6. The van der Waals surface area contributed by atoms with Crippen LogP contribution in [0.25, 0.3) is 0 Å². The van der Waals surface area contributed by atoms with Gasteiger partial charge in [0.15, 0.2) is 0 Å². The molecule has 6 atom stereocenters. The average Bonchev–Trinajstić information content (AvgIpc) is 3.52. The molecular formula is C40H32BrClN2O7. The van der Waals surface area contributed by atoms with E-state index in [1.807, 2.05) is 36.4 Å². The zero-order valence-electron chi connectivity index (χ0n) is 27.6. The van der Waals surface area contributed by atoms with Crippen molar-refractivity contribution in [2.45, 2.75) is 24.2 Å². The molecule has 4 aromatic rings. The number of carbonyl (C=O) groups is 4. The summed E-state index contributed by atoms with van der Waals surface area (Å²) < 4.78 is 12.6. The van der Waals surface area contributed by atoms with Gasteiger partial charge in [0.1, 0.15) is 17.2 Å². The highest BCUT2D eigenvalue weighted by Crippen LogP contribution is 2.66. The summed E-state index contributed by atoms with van der Waals surface area (Å²) in [5, 5.41) is 11.1. The highest BCUT2D eigenvalue weighted by molar-refractivity contribution is 9.10. The number of carbonyl (C=O) groups excluding carboxylic acids is 4. The molecule has 0 bridgehead atoms. The first kappa shape index (κ1) is 33.2. The quantitative estimate of drug-likeness (QED) is 0.163. The molecule has 2 heterocycles. The number of anilines is 2. The molecule has 8 rings (SSSR count). The second-order valence-electron chi connectivity index (χ2n) is 13.3. The van der Waals surface area contributed by atoms with Gasteiger partial charge in [-0.1, -0.05) is 75.6 Å². The number of rotatable bonds is 6. The molecule has 1 N–H and O–H groups in total. The molecule has 258 valence electrons. The maximum Gasteiger partial charge on any atom is 0.246 e. The summed E-state index contributed by atoms with van der Waals surface area (Å²) in [4.78, 5) is 61.5. The van der Waals surface area contributed by atoms with Crippen LogP contribution < -0.4 is 19.3 Å². The summed E-state index contributed by atoms with van der Waals surface area (Å²) in [6.07, 6.45) is 2.36. The number of imide groups is 2. The highest BCUT2D eigenvalue weighted by atomic mass is 79.9. The van der Waals surface area contributed by atoms with Crippen LogP contribution in [0.5, 0.6) is 17.2 Å². The van der Waals surface area contributed by atoms with Crippen molar-refractivity contribution >= 4 is 62.5 Å². The fraction of sp³-hybridized carbons (Fsp3) is 0.250. The van der Waals surface area contributed by atoms with Crippen LogP contribution >= 0.6 is 27.5 Å². The lowest BCUT2D eigenvalue weighted by Crippen LogP contribution is -2.53. The van der Waals surface area contributed by atoms with Gasteiger partial charge in [-0.15, -0.1) is 0 Å². The first-order valence-corrected chi connectivity index (χ1v) is 17.8. The Morgan fingerprint density at radius 1 is 0.784 bits per heavy atom. The van der Waals surface area contributed by atoms with Crippen LogP contribution in [0.15, 0.2) is 107 Å². The predicted octanol–water partition coefficient (Wildman–Crippen LogP) is 7.19. The topological polar surface area (TPSA) is 113 Å². The summed E-state index contributed by atoms with van der Waals surface area (Å²) in [7, 11) is 2.93. The number of nitrogens with zero attached hydrogens (tertiary/aromatic N) is 2. The SMILES string of the molecule is COc1cc(O)cc(OC)c1C1C2=CCC3C(=O)N(c4ccc(Br)cc4)C(=O)C3C2CC2C(=O)N(c3cccc(Cl)c3)C(=O)C21c1ccccc1. The average molecular weight is 768 g/mol. The summed E-state index contributed by atoms with van der Waals surface area (Å²) >= 11 is 9.84. The molecule has 9 nitrogen and oxygen atoms in total. The minimum Gasteiger partial charge on any atom is -0.508 e. The summed E-state index contributed by atoms with van der Waals surface area (Å²) in [5.74, 6) is -5.04. The Hall–Kier alpha value is -4.93. The Morgan fingerprint density at radius 3 is 2.12 bits per heavy atom. The van der Waals surface area contributed by atoms with Crippen molar-refractivity contribution in [1.29, 1.82) is 0 Å². The highest BCUT2D eigenvalue weighted by Gasteiger charge is 2.71. The van der Waals surface area contributed by atoms with E-state index in [0.29, 0.717) is 27.5 Å². The lowest BCUT2D eigenvalue weighted by Gasteiger charge is -2.51. The van der Waals surface area contributed by atoms with Crippen molar-refractivity contribution < 1.29 is 33.8 Å². The third-order valence-electron chi connectivity index (χ3n) is 11.1. The Bertz CT molecular complexity index is 2130. The van der Waals surface area contributed by atoms with Crippen LogP contribution in [-0.4, -0.2) is 43.0 Å². The Labute approximate surface area is 307 Å². The van der Waals surface area contributed by atoms with Crippen LogP contribution in [0.3, 0.4) is 0 Å². The molecule has 1 saturated carbocycles. The number of allylic oxidation sites excluding steroid dienone is 2. The molecular weight excluding hydrogens is 736 g/mol. The van der Waals surface area contributed by atoms with Gasteiger partial charge in [0.25, 0.3) is 0 Å². The van der Waals surface area contributed by atoms with Gasteiger partial charge in [0.2, 0.25) is 23.6 Å². The van der Waals surface area contributed by atoms with Gasteiger partial charge < -0.3 is 14.6 Å². The third kappa shape index (κ3) is 4.79. The van der Waals surface area contributed by atoms with E-state index in [-0.39, 0.29) is 41.9 Å². The number of phenolic OH excluding ortho intramolecular Hbond substituents is 1. The summed E-state index contributed by atoms with van der Waals surface area (Å²) in [6.45, 7) is 0. The van der Waals surface area contributed by atoms with Crippen LogP contribution in [0.4, 0.5) is 11.4 Å². The van der Waals surface area contributed by atoms with Crippen LogP contribution in [0.1, 0.15) is 29.9 Å². The van der Waals surface area contributed by atoms with Gasteiger partial charge in [-0.3, -0.25) is 24.1 Å². The van der Waals surface area contributed by atoms with Crippen molar-refractivity contribution in [3.63, 3.8) is 0 Å². The Kier molecular flexibility index (Phi) is 8.07. The van der Waals surface area contributed by atoms with Crippen LogP contribution in [-0.2, 0) is 24.6 Å². The molecule has 0 spiro atoms. The number of amides is 4. The summed E-state index contributed by atoms with van der Waals surface area (Å²) in [5.41, 5.74) is 1.06. The minimum absolute atomic E-state index is 0.112. The lowest BCUT2D eigenvalue weighted by molar-refractivity contribution is -0.127. The molecule has 11 heteroatoms. The molecule has 51 heavy (non-hydrogen) atoms. The number of phenols is 1. The number of ether oxygens (including phenoxy) is 2. The van der Waals surface area contributed by atoms with Gasteiger partial charge in [0.05, 0.1) is 48.8 Å². The molecule has 6 unspecified atom stereocenters. The number of hydrogen-bond donors (Lipinski definition) is 1. The molecule has 4 aromatic carbocycles. The minimum atomic E-state index is -1.54. The van der Waals surface area contributed by atoms with Gasteiger partial charge in [-0.25, -0.2) is 4.90 Å². The monoisotopic (exact) mass is 766 g/mol. The van der Waals surface area contributed by atoms with Gasteiger partial charge in [-0.05, 0) is 66.8 Å². The van der Waals surface area contributed by atoms with Gasteiger partial charge in [0, 0.05) is 33.1 Å². The number of hydrogen-bond acceptors (Lipinski definition) is 7. The Morgan fingerprint density at radius 2 is 1.47 bits per heavy atom. The van der Waals surface area contributed by atoms with Crippen molar-refractivity contribution in [3.05, 3.63) is 123 Å². The van der Waals surface area contributed by atoms with Crippen LogP contribution in [0, 0.1) is 23.7 Å². The fourth-order valence-corrected chi connectivity index (χ4v) is 9.56. The van der Waals surface area contributed by atoms with E-state index >= 15 is 4.79 Å². The number of aromatic hydroxyl groups is 1. The maximum atomic E-state index is 15.5. The van der Waals surface area contributed by atoms with Crippen molar-refractivity contribution in [1.82, 2.24) is 0 Å². The van der Waals surface area contributed by atoms with Crippen molar-refractivity contribution in [2.24, 2.45) is 23.7 Å². The molecule has 0 aromatic heterocycles. The normalized spacial score (nSPS) is 26.8. The fourth-order valence-electron chi connectivity index (χ4n) is 9.11. The van der Waals surface area contributed by atoms with E-state index in [9.17, 15) is 19.5 Å². The second kappa shape index (κ2) is 12.4. The first-order valence-electron chi connectivity index (χ1n) is 16.6. The molecule has 2 aliphatic heterocycles. The standard InChI is InChI=1S/C40H32BrClN2O7/c1-50-31-18-26(45)19-32(51-2)34(31)35-27-15-16-28-33(38(48)43(36(28)46)24-13-11-22(41)12-14-24)29(27)20-30-37(47)44(25-10-6-9-23(42)17-25)39(49)40(30,35)21-7-4-3-5-8-21/h3-15,17-19,28-30,33,35,45H,16,20H2,1-2H3. The molecule has 4 amide bonds. The maximum absolute atomic E-state index is 15.5.